The van der Waals surface area contributed by atoms with E-state index in [0.29, 0.717) is 31.3 Å². The van der Waals surface area contributed by atoms with E-state index in [1.807, 2.05) is 6.92 Å². The summed E-state index contributed by atoms with van der Waals surface area (Å²) in [6, 6.07) is 10.6. The van der Waals surface area contributed by atoms with E-state index in [4.69, 9.17) is 37.4 Å². The van der Waals surface area contributed by atoms with Crippen LogP contribution < -0.4 is 15.4 Å². The van der Waals surface area contributed by atoms with Crippen molar-refractivity contribution in [2.45, 2.75) is 42.5 Å². The van der Waals surface area contributed by atoms with Crippen LogP contribution in [0.3, 0.4) is 0 Å². The first-order valence-electron chi connectivity index (χ1n) is 11.9. The number of aliphatic carboxylic acids is 1. The van der Waals surface area contributed by atoms with Crippen molar-refractivity contribution >= 4 is 69.2 Å². The SMILES string of the molecule is CCSc1nnc(NC(=O)C2OCOC2C(=O)NC(Cc2ccc(OCc3c(Cl)cccc3Cl)cc2)C(=O)O)s1. The predicted molar refractivity (Wildman–Crippen MR) is 150 cm³/mol. The molecule has 0 bridgehead atoms. The van der Waals surface area contributed by atoms with Gasteiger partial charge in [0, 0.05) is 22.0 Å². The Morgan fingerprint density at radius 1 is 1.10 bits per heavy atom. The third-order valence-corrected chi connectivity index (χ3v) is 8.18. The van der Waals surface area contributed by atoms with E-state index in [1.54, 1.807) is 42.5 Å². The number of carbonyl (C=O) groups is 3. The van der Waals surface area contributed by atoms with Gasteiger partial charge in [0.15, 0.2) is 16.5 Å². The van der Waals surface area contributed by atoms with Gasteiger partial charge in [0.05, 0.1) is 0 Å². The molecule has 15 heteroatoms. The second-order valence-corrected chi connectivity index (χ2v) is 11.6. The summed E-state index contributed by atoms with van der Waals surface area (Å²) in [6.07, 6.45) is -2.65. The number of carbonyl (C=O) groups excluding carboxylic acids is 2. The molecule has 3 aromatic rings. The Labute approximate surface area is 247 Å². The minimum Gasteiger partial charge on any atom is -0.489 e. The number of ether oxygens (including phenoxy) is 3. The Kier molecular flexibility index (Phi) is 10.6. The molecule has 11 nitrogen and oxygen atoms in total. The number of aromatic nitrogens is 2. The van der Waals surface area contributed by atoms with E-state index < -0.39 is 36.0 Å². The third-order valence-electron chi connectivity index (χ3n) is 5.61. The first kappa shape index (κ1) is 30.0. The van der Waals surface area contributed by atoms with Crippen LogP contribution in [0.1, 0.15) is 18.1 Å². The van der Waals surface area contributed by atoms with Gasteiger partial charge < -0.3 is 24.6 Å². The molecule has 2 amide bonds. The van der Waals surface area contributed by atoms with Gasteiger partial charge in [-0.2, -0.15) is 0 Å². The summed E-state index contributed by atoms with van der Waals surface area (Å²) in [5.74, 6) is -1.37. The third kappa shape index (κ3) is 7.83. The van der Waals surface area contributed by atoms with Crippen LogP contribution in [0.4, 0.5) is 5.13 Å². The smallest absolute Gasteiger partial charge is 0.326 e. The van der Waals surface area contributed by atoms with Crippen LogP contribution >= 0.6 is 46.3 Å². The highest BCUT2D eigenvalue weighted by Crippen LogP contribution is 2.27. The topological polar surface area (TPSA) is 149 Å². The fraction of sp³-hybridized carbons (Fsp3) is 0.320. The van der Waals surface area contributed by atoms with E-state index in [-0.39, 0.29) is 25.0 Å². The highest BCUT2D eigenvalue weighted by Gasteiger charge is 2.42. The summed E-state index contributed by atoms with van der Waals surface area (Å²) in [4.78, 5) is 37.5. The van der Waals surface area contributed by atoms with Crippen LogP contribution in [-0.4, -0.2) is 63.9 Å². The lowest BCUT2D eigenvalue weighted by molar-refractivity contribution is -0.144. The molecule has 3 atom stereocenters. The van der Waals surface area contributed by atoms with E-state index in [2.05, 4.69) is 20.8 Å². The number of halogens is 2. The van der Waals surface area contributed by atoms with Crippen molar-refractivity contribution < 1.29 is 33.7 Å². The molecule has 40 heavy (non-hydrogen) atoms. The van der Waals surface area contributed by atoms with Gasteiger partial charge in [-0.05, 0) is 35.6 Å². The number of nitrogens with zero attached hydrogens (tertiary/aromatic N) is 2. The molecule has 0 aliphatic carbocycles. The molecule has 4 rings (SSSR count). The lowest BCUT2D eigenvalue weighted by Gasteiger charge is -2.19. The van der Waals surface area contributed by atoms with Crippen molar-refractivity contribution in [1.82, 2.24) is 15.5 Å². The lowest BCUT2D eigenvalue weighted by atomic mass is 10.0. The van der Waals surface area contributed by atoms with E-state index in [0.717, 1.165) is 5.75 Å². The molecule has 0 spiro atoms. The first-order chi connectivity index (χ1) is 19.2. The molecule has 3 N–H and O–H groups in total. The number of thioether (sulfide) groups is 1. The van der Waals surface area contributed by atoms with E-state index in [9.17, 15) is 19.5 Å². The van der Waals surface area contributed by atoms with Gasteiger partial charge in [-0.25, -0.2) is 4.79 Å². The zero-order valence-corrected chi connectivity index (χ0v) is 24.1. The number of hydrogen-bond donors (Lipinski definition) is 3. The number of carboxylic acid groups (broad SMARTS) is 1. The van der Waals surface area contributed by atoms with Gasteiger partial charge in [0.25, 0.3) is 11.8 Å². The Hall–Kier alpha value is -2.94. The van der Waals surface area contributed by atoms with Crippen LogP contribution in [0.15, 0.2) is 46.8 Å². The number of hydrogen-bond acceptors (Lipinski definition) is 10. The standard InChI is InChI=1S/C25H24Cl2N4O7S2/c1-2-39-25-31-30-24(40-25)29-22(33)20-19(37-12-38-20)21(32)28-18(23(34)35)10-13-6-8-14(9-7-13)36-11-15-16(26)4-3-5-17(15)27/h3-9,18-20H,2,10-12H2,1H3,(H,28,32)(H,34,35)(H,29,30,33). The van der Waals surface area contributed by atoms with Gasteiger partial charge in [-0.15, -0.1) is 10.2 Å². The second-order valence-electron chi connectivity index (χ2n) is 8.32. The monoisotopic (exact) mass is 626 g/mol. The molecular formula is C25H24Cl2N4O7S2. The van der Waals surface area contributed by atoms with Crippen LogP contribution in [0.2, 0.25) is 10.0 Å². The molecular weight excluding hydrogens is 603 g/mol. The normalized spacial score (nSPS) is 17.3. The highest BCUT2D eigenvalue weighted by molar-refractivity contribution is 8.01. The maximum atomic E-state index is 12.9. The Balaban J connectivity index is 1.33. The van der Waals surface area contributed by atoms with E-state index in [1.165, 1.54) is 23.1 Å². The molecule has 2 heterocycles. The lowest BCUT2D eigenvalue weighted by Crippen LogP contribution is -2.51. The summed E-state index contributed by atoms with van der Waals surface area (Å²) in [7, 11) is 0. The summed E-state index contributed by atoms with van der Waals surface area (Å²) < 4.78 is 17.0. The number of benzene rings is 2. The van der Waals surface area contributed by atoms with Gasteiger partial charge >= 0.3 is 5.97 Å². The summed E-state index contributed by atoms with van der Waals surface area (Å²) >= 11 is 15.0. The Morgan fingerprint density at radius 3 is 2.42 bits per heavy atom. The molecule has 1 aromatic heterocycles. The van der Waals surface area contributed by atoms with Gasteiger partial charge in [-0.1, -0.05) is 71.4 Å². The quantitative estimate of drug-likeness (QED) is 0.199. The van der Waals surface area contributed by atoms with Crippen LogP contribution in [-0.2, 0) is 36.9 Å². The molecule has 1 saturated heterocycles. The minimum absolute atomic E-state index is 0.0230. The average Bonchev–Trinajstić information content (AvgIpc) is 3.59. The fourth-order valence-corrected chi connectivity index (χ4v) is 5.80. The van der Waals surface area contributed by atoms with Gasteiger partial charge in [0.2, 0.25) is 5.13 Å². The van der Waals surface area contributed by atoms with Crippen LogP contribution in [0.25, 0.3) is 0 Å². The number of anilines is 1. The number of carboxylic acids is 1. The first-order valence-corrected chi connectivity index (χ1v) is 14.5. The molecule has 212 valence electrons. The predicted octanol–water partition coefficient (Wildman–Crippen LogP) is 4.03. The molecule has 1 aliphatic heterocycles. The Morgan fingerprint density at radius 2 is 1.77 bits per heavy atom. The zero-order chi connectivity index (χ0) is 28.6. The van der Waals surface area contributed by atoms with Crippen molar-refractivity contribution in [3.63, 3.8) is 0 Å². The number of amides is 2. The minimum atomic E-state index is -1.34. The Bertz CT molecular complexity index is 1340. The molecule has 1 fully saturated rings. The van der Waals surface area contributed by atoms with Gasteiger partial charge in [-0.3, -0.25) is 14.9 Å². The summed E-state index contributed by atoms with van der Waals surface area (Å²) in [5.41, 5.74) is 1.28. The second kappa shape index (κ2) is 14.1. The van der Waals surface area contributed by atoms with Crippen molar-refractivity contribution in [3.8, 4) is 5.75 Å². The largest absolute Gasteiger partial charge is 0.489 e. The van der Waals surface area contributed by atoms with Gasteiger partial charge in [0.1, 0.15) is 25.2 Å². The summed E-state index contributed by atoms with van der Waals surface area (Å²) in [5, 5.41) is 23.8. The van der Waals surface area contributed by atoms with E-state index >= 15 is 0 Å². The van der Waals surface area contributed by atoms with Crippen molar-refractivity contribution in [3.05, 3.63) is 63.6 Å². The van der Waals surface area contributed by atoms with Crippen LogP contribution in [0.5, 0.6) is 5.75 Å². The maximum Gasteiger partial charge on any atom is 0.326 e. The summed E-state index contributed by atoms with van der Waals surface area (Å²) in [6.45, 7) is 1.81. The molecule has 3 unspecified atom stereocenters. The average molecular weight is 628 g/mol. The molecule has 2 aromatic carbocycles. The van der Waals surface area contributed by atoms with Crippen molar-refractivity contribution in [1.29, 1.82) is 0 Å². The van der Waals surface area contributed by atoms with Crippen molar-refractivity contribution in [2.24, 2.45) is 0 Å². The molecule has 1 aliphatic rings. The number of rotatable bonds is 12. The fourth-order valence-electron chi connectivity index (χ4n) is 3.64. The van der Waals surface area contributed by atoms with Crippen molar-refractivity contribution in [2.75, 3.05) is 17.9 Å². The highest BCUT2D eigenvalue weighted by atomic mass is 35.5. The molecule has 0 radical (unpaired) electrons. The number of nitrogens with one attached hydrogen (secondary N) is 2. The maximum absolute atomic E-state index is 12.9. The zero-order valence-electron chi connectivity index (χ0n) is 21.0. The molecule has 0 saturated carbocycles. The van der Waals surface area contributed by atoms with Crippen LogP contribution in [0, 0.1) is 0 Å².